The van der Waals surface area contributed by atoms with E-state index in [0.717, 1.165) is 57.8 Å². The van der Waals surface area contributed by atoms with Crippen LogP contribution >= 0.6 is 0 Å². The molecule has 1 atom stereocenters. The van der Waals surface area contributed by atoms with Crippen LogP contribution in [0.25, 0.3) is 0 Å². The summed E-state index contributed by atoms with van der Waals surface area (Å²) in [5, 5.41) is 0. The average molecular weight is 934 g/mol. The van der Waals surface area contributed by atoms with Gasteiger partial charge in [-0.2, -0.15) is 0 Å². The Morgan fingerprint density at radius 1 is 0.242 bits per heavy atom. The van der Waals surface area contributed by atoms with Gasteiger partial charge in [-0.25, -0.2) is 0 Å². The molecule has 0 spiro atoms. The molecule has 0 aromatic carbocycles. The van der Waals surface area contributed by atoms with Crippen LogP contribution in [0.4, 0.5) is 0 Å². The van der Waals surface area contributed by atoms with Crippen LogP contribution in [-0.2, 0) is 28.6 Å². The van der Waals surface area contributed by atoms with Crippen molar-refractivity contribution in [1.82, 2.24) is 0 Å². The number of hydrogen-bond acceptors (Lipinski definition) is 6. The fraction of sp³-hybridized carbons (Fsp3) is 0.950. The predicted molar refractivity (Wildman–Crippen MR) is 284 cm³/mol. The smallest absolute Gasteiger partial charge is 0.306 e. The Balaban J connectivity index is 4.00. The Morgan fingerprint density at radius 2 is 0.409 bits per heavy atom. The highest BCUT2D eigenvalue weighted by Crippen LogP contribution is 2.18. The molecule has 0 radical (unpaired) electrons. The van der Waals surface area contributed by atoms with Crippen molar-refractivity contribution >= 4 is 17.9 Å². The number of carbonyl (C=O) groups is 3. The summed E-state index contributed by atoms with van der Waals surface area (Å²) in [6.07, 6.45) is 62.8. The molecule has 0 aromatic rings. The summed E-state index contributed by atoms with van der Waals surface area (Å²) >= 11 is 0. The normalized spacial score (nSPS) is 11.9. The molecule has 0 aromatic heterocycles. The fourth-order valence-corrected chi connectivity index (χ4v) is 9.33. The van der Waals surface area contributed by atoms with Gasteiger partial charge >= 0.3 is 17.9 Å². The fourth-order valence-electron chi connectivity index (χ4n) is 9.33. The van der Waals surface area contributed by atoms with Gasteiger partial charge in [-0.05, 0) is 19.3 Å². The molecule has 0 aliphatic heterocycles. The molecule has 6 heteroatoms. The third kappa shape index (κ3) is 53.4. The van der Waals surface area contributed by atoms with Crippen LogP contribution in [0, 0.1) is 0 Å². The van der Waals surface area contributed by atoms with E-state index in [0.29, 0.717) is 19.3 Å². The Hall–Kier alpha value is -1.59. The third-order valence-corrected chi connectivity index (χ3v) is 13.9. The standard InChI is InChI=1S/C60H116O6/c1-4-7-10-13-16-18-20-22-24-25-26-27-28-29-30-31-32-33-34-35-36-38-39-41-44-47-50-53-59(62)65-56-57(55-64-58(61)52-49-46-43-15-12-9-6-3)66-60(63)54-51-48-45-42-40-37-23-21-19-17-14-11-8-5-2/h57H,4-56H2,1-3H3. The average Bonchev–Trinajstić information content (AvgIpc) is 3.31. The van der Waals surface area contributed by atoms with Gasteiger partial charge in [0.1, 0.15) is 13.2 Å². The minimum Gasteiger partial charge on any atom is -0.462 e. The molecule has 66 heavy (non-hydrogen) atoms. The van der Waals surface area contributed by atoms with Crippen molar-refractivity contribution in [1.29, 1.82) is 0 Å². The first-order valence-corrected chi connectivity index (χ1v) is 30.0. The molecule has 0 fully saturated rings. The van der Waals surface area contributed by atoms with E-state index < -0.39 is 6.10 Å². The van der Waals surface area contributed by atoms with Gasteiger partial charge in [-0.1, -0.05) is 310 Å². The van der Waals surface area contributed by atoms with Crippen molar-refractivity contribution in [3.8, 4) is 0 Å². The molecule has 0 heterocycles. The van der Waals surface area contributed by atoms with E-state index in [1.165, 1.54) is 250 Å². The second-order valence-corrected chi connectivity index (χ2v) is 20.6. The second-order valence-electron chi connectivity index (χ2n) is 20.6. The van der Waals surface area contributed by atoms with Gasteiger partial charge < -0.3 is 14.2 Å². The van der Waals surface area contributed by atoms with Crippen LogP contribution in [-0.4, -0.2) is 37.2 Å². The molecular weight excluding hydrogens is 817 g/mol. The van der Waals surface area contributed by atoms with Crippen molar-refractivity contribution in [2.45, 2.75) is 354 Å². The van der Waals surface area contributed by atoms with Crippen molar-refractivity contribution in [2.75, 3.05) is 13.2 Å². The summed E-state index contributed by atoms with van der Waals surface area (Å²) in [6.45, 7) is 6.66. The van der Waals surface area contributed by atoms with Crippen molar-refractivity contribution in [3.63, 3.8) is 0 Å². The Bertz CT molecular complexity index is 982. The molecule has 0 saturated heterocycles. The van der Waals surface area contributed by atoms with Gasteiger partial charge in [0.2, 0.25) is 0 Å². The molecule has 0 amide bonds. The first kappa shape index (κ1) is 64.4. The maximum atomic E-state index is 12.8. The molecular formula is C60H116O6. The molecule has 0 rings (SSSR count). The van der Waals surface area contributed by atoms with Gasteiger partial charge in [-0.3, -0.25) is 14.4 Å². The largest absolute Gasteiger partial charge is 0.462 e. The van der Waals surface area contributed by atoms with Crippen molar-refractivity contribution in [2.24, 2.45) is 0 Å². The summed E-state index contributed by atoms with van der Waals surface area (Å²) in [4.78, 5) is 37.9. The van der Waals surface area contributed by atoms with E-state index >= 15 is 0 Å². The van der Waals surface area contributed by atoms with Crippen molar-refractivity contribution < 1.29 is 28.6 Å². The van der Waals surface area contributed by atoms with Gasteiger partial charge in [0.25, 0.3) is 0 Å². The van der Waals surface area contributed by atoms with Crippen LogP contribution in [0.2, 0.25) is 0 Å². The molecule has 0 bridgehead atoms. The maximum absolute atomic E-state index is 12.8. The lowest BCUT2D eigenvalue weighted by molar-refractivity contribution is -0.167. The first-order valence-electron chi connectivity index (χ1n) is 30.0. The summed E-state index contributed by atoms with van der Waals surface area (Å²) in [5.74, 6) is -0.843. The summed E-state index contributed by atoms with van der Waals surface area (Å²) in [7, 11) is 0. The zero-order chi connectivity index (χ0) is 47.9. The topological polar surface area (TPSA) is 78.9 Å². The molecule has 0 N–H and O–H groups in total. The molecule has 0 aliphatic rings. The minimum atomic E-state index is -0.759. The number of esters is 3. The maximum Gasteiger partial charge on any atom is 0.306 e. The predicted octanol–water partition coefficient (Wildman–Crippen LogP) is 19.9. The Kier molecular flexibility index (Phi) is 54.7. The molecule has 6 nitrogen and oxygen atoms in total. The molecule has 0 saturated carbocycles. The van der Waals surface area contributed by atoms with Gasteiger partial charge in [-0.15, -0.1) is 0 Å². The summed E-state index contributed by atoms with van der Waals surface area (Å²) in [6, 6.07) is 0. The van der Waals surface area contributed by atoms with E-state index in [1.54, 1.807) is 0 Å². The van der Waals surface area contributed by atoms with E-state index in [9.17, 15) is 14.4 Å². The summed E-state index contributed by atoms with van der Waals surface area (Å²) < 4.78 is 16.8. The zero-order valence-corrected chi connectivity index (χ0v) is 45.0. The highest BCUT2D eigenvalue weighted by atomic mass is 16.6. The third-order valence-electron chi connectivity index (χ3n) is 13.9. The van der Waals surface area contributed by atoms with Gasteiger partial charge in [0, 0.05) is 19.3 Å². The van der Waals surface area contributed by atoms with Crippen LogP contribution in [0.1, 0.15) is 348 Å². The van der Waals surface area contributed by atoms with Gasteiger partial charge in [0.15, 0.2) is 6.10 Å². The Morgan fingerprint density at radius 3 is 0.606 bits per heavy atom. The number of unbranched alkanes of at least 4 members (excludes halogenated alkanes) is 45. The number of ether oxygens (including phenoxy) is 3. The second kappa shape index (κ2) is 56.0. The van der Waals surface area contributed by atoms with Crippen LogP contribution in [0.3, 0.4) is 0 Å². The van der Waals surface area contributed by atoms with Crippen molar-refractivity contribution in [3.05, 3.63) is 0 Å². The first-order chi connectivity index (χ1) is 32.5. The lowest BCUT2D eigenvalue weighted by Crippen LogP contribution is -2.30. The SMILES string of the molecule is CCCCCCCCCCCCCCCCCCCCCCCCCCCCCC(=O)OCC(COC(=O)CCCCCCCCC)OC(=O)CCCCCCCCCCCCCCCC. The van der Waals surface area contributed by atoms with E-state index in [-0.39, 0.29) is 31.1 Å². The number of hydrogen-bond donors (Lipinski definition) is 0. The van der Waals surface area contributed by atoms with Crippen LogP contribution in [0.5, 0.6) is 0 Å². The molecule has 392 valence electrons. The van der Waals surface area contributed by atoms with Gasteiger partial charge in [0.05, 0.1) is 0 Å². The minimum absolute atomic E-state index is 0.0620. The molecule has 0 aliphatic carbocycles. The highest BCUT2D eigenvalue weighted by molar-refractivity contribution is 5.71. The lowest BCUT2D eigenvalue weighted by atomic mass is 10.0. The van der Waals surface area contributed by atoms with E-state index in [4.69, 9.17) is 14.2 Å². The quantitative estimate of drug-likeness (QED) is 0.0343. The zero-order valence-electron chi connectivity index (χ0n) is 45.0. The highest BCUT2D eigenvalue weighted by Gasteiger charge is 2.19. The van der Waals surface area contributed by atoms with Crippen LogP contribution in [0.15, 0.2) is 0 Å². The monoisotopic (exact) mass is 933 g/mol. The van der Waals surface area contributed by atoms with E-state index in [2.05, 4.69) is 20.8 Å². The number of rotatable bonds is 56. The van der Waals surface area contributed by atoms with E-state index in [1.807, 2.05) is 0 Å². The number of carbonyl (C=O) groups excluding carboxylic acids is 3. The summed E-state index contributed by atoms with van der Waals surface area (Å²) in [5.41, 5.74) is 0. The lowest BCUT2D eigenvalue weighted by Gasteiger charge is -2.18. The Labute approximate surface area is 412 Å². The molecule has 1 unspecified atom stereocenters. The van der Waals surface area contributed by atoms with Crippen LogP contribution < -0.4 is 0 Å².